The SMILES string of the molecule is C.c1ccc(-c2cccc(-c3cc(-c4ccc5oc6ccccc6c5c4)nc(-c4ccc5c(c4)C4(c6ccccc6-c6ccccc6-c6ccccc64)c4ccccc4-5)n3)c2)cc1. The van der Waals surface area contributed by atoms with E-state index in [2.05, 4.69) is 206 Å². The van der Waals surface area contributed by atoms with E-state index >= 15 is 0 Å². The van der Waals surface area contributed by atoms with Crippen LogP contribution in [0.3, 0.4) is 0 Å². The Balaban J connectivity index is 0.00000421. The number of rotatable bonds is 4. The van der Waals surface area contributed by atoms with Crippen molar-refractivity contribution in [3.63, 3.8) is 0 Å². The number of para-hydroxylation sites is 1. The molecule has 0 unspecified atom stereocenters. The summed E-state index contributed by atoms with van der Waals surface area (Å²) in [4.78, 5) is 10.9. The molecular formula is C60H40N2O. The molecule has 3 heteroatoms. The Hall–Kier alpha value is -8.14. The third-order valence-corrected chi connectivity index (χ3v) is 13.1. The highest BCUT2D eigenvalue weighted by molar-refractivity contribution is 6.06. The summed E-state index contributed by atoms with van der Waals surface area (Å²) in [6.07, 6.45) is 0. The van der Waals surface area contributed by atoms with Crippen LogP contribution in [0, 0.1) is 0 Å². The molecule has 0 saturated heterocycles. The van der Waals surface area contributed by atoms with Gasteiger partial charge in [0.15, 0.2) is 5.82 Å². The number of fused-ring (bicyclic) bond motifs is 15. The predicted octanol–water partition coefficient (Wildman–Crippen LogP) is 15.7. The first kappa shape index (κ1) is 36.7. The van der Waals surface area contributed by atoms with E-state index in [9.17, 15) is 0 Å². The van der Waals surface area contributed by atoms with Crippen LogP contribution >= 0.6 is 0 Å². The number of nitrogens with zero attached hydrogens (tertiary/aromatic N) is 2. The summed E-state index contributed by atoms with van der Waals surface area (Å²) in [5, 5.41) is 2.15. The van der Waals surface area contributed by atoms with Gasteiger partial charge in [-0.05, 0) is 109 Å². The Morgan fingerprint density at radius 3 is 1.48 bits per heavy atom. The first-order valence-electron chi connectivity index (χ1n) is 21.2. The lowest BCUT2D eigenvalue weighted by Gasteiger charge is -2.35. The number of hydrogen-bond acceptors (Lipinski definition) is 3. The fourth-order valence-corrected chi connectivity index (χ4v) is 10.4. The zero-order chi connectivity index (χ0) is 40.8. The molecule has 2 heterocycles. The Morgan fingerprint density at radius 1 is 0.302 bits per heavy atom. The van der Waals surface area contributed by atoms with Gasteiger partial charge in [0.1, 0.15) is 11.2 Å². The topological polar surface area (TPSA) is 38.9 Å². The van der Waals surface area contributed by atoms with Gasteiger partial charge in [-0.3, -0.25) is 0 Å². The van der Waals surface area contributed by atoms with Gasteiger partial charge in [0.2, 0.25) is 0 Å². The number of benzene rings is 9. The van der Waals surface area contributed by atoms with E-state index in [1.165, 1.54) is 55.6 Å². The van der Waals surface area contributed by atoms with E-state index in [0.717, 1.165) is 61.1 Å². The molecule has 0 fully saturated rings. The van der Waals surface area contributed by atoms with E-state index < -0.39 is 5.41 Å². The van der Waals surface area contributed by atoms with Crippen LogP contribution in [-0.2, 0) is 5.41 Å². The molecule has 0 radical (unpaired) electrons. The quantitative estimate of drug-likeness (QED) is 0.178. The summed E-state index contributed by atoms with van der Waals surface area (Å²) >= 11 is 0. The van der Waals surface area contributed by atoms with Crippen molar-refractivity contribution in [1.29, 1.82) is 0 Å². The molecule has 2 aliphatic rings. The van der Waals surface area contributed by atoms with Crippen LogP contribution in [0.15, 0.2) is 223 Å². The minimum absolute atomic E-state index is 0. The van der Waals surface area contributed by atoms with E-state index in [1.54, 1.807) is 0 Å². The van der Waals surface area contributed by atoms with Crippen LogP contribution in [0.5, 0.6) is 0 Å². The van der Waals surface area contributed by atoms with Crippen LogP contribution in [0.4, 0.5) is 0 Å². The molecule has 9 aromatic carbocycles. The molecule has 11 aromatic rings. The van der Waals surface area contributed by atoms with Gasteiger partial charge in [0.25, 0.3) is 0 Å². The second-order valence-corrected chi connectivity index (χ2v) is 16.4. The van der Waals surface area contributed by atoms with Gasteiger partial charge >= 0.3 is 0 Å². The average molecular weight is 805 g/mol. The van der Waals surface area contributed by atoms with Crippen molar-refractivity contribution in [3.8, 4) is 78.4 Å². The molecule has 0 bridgehead atoms. The van der Waals surface area contributed by atoms with Crippen LogP contribution in [0.1, 0.15) is 29.7 Å². The van der Waals surface area contributed by atoms with E-state index in [-0.39, 0.29) is 7.43 Å². The molecule has 0 atom stereocenters. The molecule has 2 aromatic heterocycles. The van der Waals surface area contributed by atoms with Gasteiger partial charge in [-0.25, -0.2) is 9.97 Å². The van der Waals surface area contributed by atoms with Crippen molar-refractivity contribution < 1.29 is 4.42 Å². The first-order valence-corrected chi connectivity index (χ1v) is 21.2. The van der Waals surface area contributed by atoms with E-state index in [1.807, 2.05) is 12.1 Å². The lowest BCUT2D eigenvalue weighted by atomic mass is 9.66. The molecule has 0 amide bonds. The highest BCUT2D eigenvalue weighted by Gasteiger charge is 2.49. The van der Waals surface area contributed by atoms with Gasteiger partial charge in [0.05, 0.1) is 16.8 Å². The molecular weight excluding hydrogens is 765 g/mol. The van der Waals surface area contributed by atoms with Crippen LogP contribution in [0.25, 0.3) is 100 Å². The fraction of sp³-hybridized carbons (Fsp3) is 0.0333. The molecule has 2 aliphatic carbocycles. The molecule has 0 saturated carbocycles. The maximum atomic E-state index is 6.26. The molecule has 0 aliphatic heterocycles. The predicted molar refractivity (Wildman–Crippen MR) is 260 cm³/mol. The highest BCUT2D eigenvalue weighted by Crippen LogP contribution is 2.61. The Labute approximate surface area is 366 Å². The summed E-state index contributed by atoms with van der Waals surface area (Å²) in [5.74, 6) is 0.673. The molecule has 0 N–H and O–H groups in total. The standard InChI is InChI=1S/C59H36N2O.CH4/c1-2-15-37(16-3-1)38-17-14-18-39(33-38)54-36-55(40-30-32-57-49(34-40)48-24-9-13-28-56(48)62-57)61-58(60-54)41-29-31-47-46-23-8-12-27-52(46)59(53(47)35-41)50-25-10-6-21-44(50)42-19-4-5-20-43(42)45-22-7-11-26-51(45)59;/h1-36H;1H4. The fourth-order valence-electron chi connectivity index (χ4n) is 10.4. The van der Waals surface area contributed by atoms with Crippen LogP contribution in [-0.4, -0.2) is 9.97 Å². The van der Waals surface area contributed by atoms with Gasteiger partial charge in [-0.1, -0.05) is 183 Å². The van der Waals surface area contributed by atoms with E-state index in [4.69, 9.17) is 14.4 Å². The first-order chi connectivity index (χ1) is 30.7. The van der Waals surface area contributed by atoms with Crippen molar-refractivity contribution in [1.82, 2.24) is 9.97 Å². The van der Waals surface area contributed by atoms with Gasteiger partial charge in [-0.2, -0.15) is 0 Å². The molecule has 3 nitrogen and oxygen atoms in total. The number of aromatic nitrogens is 2. The number of hydrogen-bond donors (Lipinski definition) is 0. The lowest BCUT2D eigenvalue weighted by Crippen LogP contribution is -2.29. The van der Waals surface area contributed by atoms with Gasteiger partial charge in [-0.15, -0.1) is 0 Å². The monoisotopic (exact) mass is 804 g/mol. The van der Waals surface area contributed by atoms with Crippen molar-refractivity contribution in [3.05, 3.63) is 241 Å². The molecule has 296 valence electrons. The Kier molecular flexibility index (Phi) is 8.28. The molecule has 13 rings (SSSR count). The maximum absolute atomic E-state index is 6.26. The normalized spacial score (nSPS) is 12.8. The molecule has 63 heavy (non-hydrogen) atoms. The summed E-state index contributed by atoms with van der Waals surface area (Å²) in [5.41, 5.74) is 20.6. The van der Waals surface area contributed by atoms with Crippen molar-refractivity contribution in [2.75, 3.05) is 0 Å². The summed E-state index contributed by atoms with van der Waals surface area (Å²) in [6.45, 7) is 0. The second kappa shape index (κ2) is 14.2. The summed E-state index contributed by atoms with van der Waals surface area (Å²) in [6, 6.07) is 78.8. The minimum atomic E-state index is -0.605. The number of furan rings is 1. The highest BCUT2D eigenvalue weighted by atomic mass is 16.3. The van der Waals surface area contributed by atoms with Crippen LogP contribution in [0.2, 0.25) is 0 Å². The average Bonchev–Trinajstić information content (AvgIpc) is 3.84. The molecule has 1 spiro atoms. The summed E-state index contributed by atoms with van der Waals surface area (Å²) in [7, 11) is 0. The Bertz CT molecular complexity index is 3530. The zero-order valence-electron chi connectivity index (χ0n) is 33.6. The van der Waals surface area contributed by atoms with Crippen LogP contribution < -0.4 is 0 Å². The Morgan fingerprint density at radius 2 is 0.794 bits per heavy atom. The summed E-state index contributed by atoms with van der Waals surface area (Å²) < 4.78 is 6.26. The zero-order valence-corrected chi connectivity index (χ0v) is 33.6. The maximum Gasteiger partial charge on any atom is 0.160 e. The lowest BCUT2D eigenvalue weighted by molar-refractivity contribution is 0.669. The largest absolute Gasteiger partial charge is 0.456 e. The second-order valence-electron chi connectivity index (χ2n) is 16.4. The van der Waals surface area contributed by atoms with Crippen molar-refractivity contribution in [2.45, 2.75) is 12.8 Å². The van der Waals surface area contributed by atoms with Crippen molar-refractivity contribution >= 4 is 21.9 Å². The third-order valence-electron chi connectivity index (χ3n) is 13.1. The smallest absolute Gasteiger partial charge is 0.160 e. The van der Waals surface area contributed by atoms with Crippen molar-refractivity contribution in [2.24, 2.45) is 0 Å². The van der Waals surface area contributed by atoms with E-state index in [0.29, 0.717) is 5.82 Å². The minimum Gasteiger partial charge on any atom is -0.456 e. The third kappa shape index (κ3) is 5.46. The van der Waals surface area contributed by atoms with Gasteiger partial charge < -0.3 is 4.42 Å². The van der Waals surface area contributed by atoms with Gasteiger partial charge in [0, 0.05) is 27.5 Å².